The van der Waals surface area contributed by atoms with E-state index < -0.39 is 18.1 Å². The molecule has 0 aliphatic rings. The summed E-state index contributed by atoms with van der Waals surface area (Å²) in [6.45, 7) is 3.59. The lowest BCUT2D eigenvalue weighted by Crippen LogP contribution is -2.34. The van der Waals surface area contributed by atoms with Crippen LogP contribution in [0.3, 0.4) is 0 Å². The maximum atomic E-state index is 12.6. The van der Waals surface area contributed by atoms with E-state index >= 15 is 0 Å². The Kier molecular flexibility index (Phi) is 5.50. The Bertz CT molecular complexity index is 798. The Labute approximate surface area is 146 Å². The zero-order valence-electron chi connectivity index (χ0n) is 13.8. The molecule has 0 spiro atoms. The van der Waals surface area contributed by atoms with Gasteiger partial charge in [-0.05, 0) is 18.1 Å². The van der Waals surface area contributed by atoms with Crippen LogP contribution in [0.15, 0.2) is 30.3 Å². The lowest BCUT2D eigenvalue weighted by atomic mass is 10.1. The Morgan fingerprint density at radius 1 is 1.31 bits per heavy atom. The molecule has 26 heavy (non-hydrogen) atoms. The molecule has 2 rings (SSSR count). The van der Waals surface area contributed by atoms with E-state index in [1.807, 2.05) is 5.48 Å². The summed E-state index contributed by atoms with van der Waals surface area (Å²) in [5.41, 5.74) is 7.28. The highest BCUT2D eigenvalue weighted by Gasteiger charge is 2.34. The summed E-state index contributed by atoms with van der Waals surface area (Å²) in [5, 5.41) is 9.12. The van der Waals surface area contributed by atoms with Crippen molar-refractivity contribution >= 4 is 23.5 Å². The number of hydrogen-bond donors (Lipinski definition) is 3. The van der Waals surface area contributed by atoms with Crippen molar-refractivity contribution in [1.29, 1.82) is 0 Å². The fourth-order valence-corrected chi connectivity index (χ4v) is 2.08. The molecule has 0 aliphatic heterocycles. The van der Waals surface area contributed by atoms with Crippen molar-refractivity contribution in [2.24, 2.45) is 5.73 Å². The predicted molar refractivity (Wildman–Crippen MR) is 86.4 cm³/mol. The van der Waals surface area contributed by atoms with E-state index in [2.05, 4.69) is 14.7 Å². The van der Waals surface area contributed by atoms with E-state index in [0.29, 0.717) is 10.6 Å². The molecule has 0 unspecified atom stereocenters. The van der Waals surface area contributed by atoms with Crippen LogP contribution in [0.25, 0.3) is 0 Å². The summed E-state index contributed by atoms with van der Waals surface area (Å²) in [4.78, 5) is 20.6. The first-order valence-corrected chi connectivity index (χ1v) is 7.35. The van der Waals surface area contributed by atoms with Crippen molar-refractivity contribution in [3.05, 3.63) is 36.0 Å². The zero-order valence-corrected chi connectivity index (χ0v) is 13.8. The second kappa shape index (κ2) is 7.44. The van der Waals surface area contributed by atoms with Gasteiger partial charge in [-0.1, -0.05) is 26.0 Å². The number of anilines is 3. The number of aromatic nitrogens is 2. The molecule has 1 heterocycles. The van der Waals surface area contributed by atoms with Gasteiger partial charge in [-0.3, -0.25) is 10.7 Å². The van der Waals surface area contributed by atoms with Crippen molar-refractivity contribution in [3.63, 3.8) is 0 Å². The monoisotopic (exact) mass is 371 g/mol. The number of alkyl halides is 3. The molecule has 0 radical (unpaired) electrons. The summed E-state index contributed by atoms with van der Waals surface area (Å²) in [6, 6.07) is 5.21. The van der Waals surface area contributed by atoms with Gasteiger partial charge >= 0.3 is 12.4 Å². The molecule has 11 heteroatoms. The van der Waals surface area contributed by atoms with Gasteiger partial charge in [0.25, 0.3) is 0 Å². The molecule has 4 N–H and O–H groups in total. The number of benzene rings is 1. The molecule has 0 atom stereocenters. The van der Waals surface area contributed by atoms with Crippen molar-refractivity contribution < 1.29 is 27.9 Å². The van der Waals surface area contributed by atoms with Crippen molar-refractivity contribution in [2.75, 3.05) is 10.4 Å². The van der Waals surface area contributed by atoms with E-state index in [1.165, 1.54) is 24.3 Å². The third-order valence-corrected chi connectivity index (χ3v) is 3.19. The van der Waals surface area contributed by atoms with Gasteiger partial charge in [0, 0.05) is 6.07 Å². The molecule has 1 aromatic carbocycles. The molecule has 0 saturated carbocycles. The number of hydrogen-bond acceptors (Lipinski definition) is 6. The Morgan fingerprint density at radius 2 is 1.96 bits per heavy atom. The van der Waals surface area contributed by atoms with Crippen LogP contribution in [0.4, 0.5) is 35.4 Å². The maximum Gasteiger partial charge on any atom is 0.573 e. The van der Waals surface area contributed by atoms with E-state index in [4.69, 9.17) is 10.9 Å². The Balaban J connectivity index is 2.62. The fraction of sp³-hybridized carbons (Fsp3) is 0.267. The van der Waals surface area contributed by atoms with Gasteiger partial charge in [-0.25, -0.2) is 14.7 Å². The minimum atomic E-state index is -4.97. The molecular formula is C15H16F3N5O3. The maximum absolute atomic E-state index is 12.6. The van der Waals surface area contributed by atoms with Gasteiger partial charge in [0.2, 0.25) is 5.95 Å². The largest absolute Gasteiger partial charge is 0.573 e. The molecule has 0 fully saturated rings. The number of nitrogens with one attached hydrogen (secondary N) is 1. The van der Waals surface area contributed by atoms with E-state index in [1.54, 1.807) is 13.8 Å². The molecule has 2 aromatic rings. The molecule has 0 bridgehead atoms. The SMILES string of the molecule is CC(C)c1cc(NO)nc(N(C(N)=O)c2ccccc2OC(F)(F)F)n1. The van der Waals surface area contributed by atoms with Crippen molar-refractivity contribution in [1.82, 2.24) is 9.97 Å². The number of halogens is 3. The molecule has 0 saturated heterocycles. The number of ether oxygens (including phenoxy) is 1. The molecule has 1 aromatic heterocycles. The third kappa shape index (κ3) is 4.51. The van der Waals surface area contributed by atoms with Gasteiger partial charge in [-0.15, -0.1) is 13.2 Å². The molecule has 8 nitrogen and oxygen atoms in total. The number of nitrogens with zero attached hydrogens (tertiary/aromatic N) is 3. The highest BCUT2D eigenvalue weighted by atomic mass is 19.4. The van der Waals surface area contributed by atoms with Crippen LogP contribution in [0, 0.1) is 0 Å². The van der Waals surface area contributed by atoms with E-state index in [9.17, 15) is 18.0 Å². The zero-order chi connectivity index (χ0) is 19.5. The van der Waals surface area contributed by atoms with Crippen LogP contribution in [0.5, 0.6) is 5.75 Å². The number of carbonyl (C=O) groups is 1. The van der Waals surface area contributed by atoms with Gasteiger partial charge < -0.3 is 10.5 Å². The summed E-state index contributed by atoms with van der Waals surface area (Å²) in [7, 11) is 0. The van der Waals surface area contributed by atoms with Gasteiger partial charge in [0.15, 0.2) is 11.6 Å². The normalized spacial score (nSPS) is 11.3. The fourth-order valence-electron chi connectivity index (χ4n) is 2.08. The van der Waals surface area contributed by atoms with Gasteiger partial charge in [-0.2, -0.15) is 4.98 Å². The number of primary amides is 1. The van der Waals surface area contributed by atoms with E-state index in [-0.39, 0.29) is 23.4 Å². The second-order valence-corrected chi connectivity index (χ2v) is 5.43. The lowest BCUT2D eigenvalue weighted by Gasteiger charge is -2.23. The average Bonchev–Trinajstić information content (AvgIpc) is 2.54. The number of nitrogens with two attached hydrogens (primary N) is 1. The number of amides is 2. The Hall–Kier alpha value is -3.08. The average molecular weight is 371 g/mol. The number of carbonyl (C=O) groups excluding carboxylic acids is 1. The topological polar surface area (TPSA) is 114 Å². The summed E-state index contributed by atoms with van der Waals surface area (Å²) in [6.07, 6.45) is -4.97. The number of rotatable bonds is 5. The van der Waals surface area contributed by atoms with Crippen LogP contribution < -0.4 is 20.9 Å². The molecular weight excluding hydrogens is 355 g/mol. The number of urea groups is 1. The summed E-state index contributed by atoms with van der Waals surface area (Å²) < 4.78 is 41.9. The standard InChI is InChI=1S/C15H16F3N5O3/c1-8(2)9-7-12(22-25)21-14(20-9)23(13(19)24)10-5-3-4-6-11(10)26-15(16,17)18/h3-8,25H,1-2H3,(H2,19,24)(H,20,21,22). The Morgan fingerprint density at radius 3 is 2.50 bits per heavy atom. The van der Waals surface area contributed by atoms with Crippen LogP contribution >= 0.6 is 0 Å². The third-order valence-electron chi connectivity index (χ3n) is 3.19. The smallest absolute Gasteiger partial charge is 0.404 e. The molecule has 2 amide bonds. The first-order chi connectivity index (χ1) is 12.1. The highest BCUT2D eigenvalue weighted by Crippen LogP contribution is 2.36. The van der Waals surface area contributed by atoms with Crippen LogP contribution in [-0.2, 0) is 0 Å². The second-order valence-electron chi connectivity index (χ2n) is 5.43. The van der Waals surface area contributed by atoms with E-state index in [0.717, 1.165) is 6.07 Å². The molecule has 0 aliphatic carbocycles. The summed E-state index contributed by atoms with van der Waals surface area (Å²) >= 11 is 0. The first-order valence-electron chi connectivity index (χ1n) is 7.35. The first kappa shape index (κ1) is 19.2. The quantitative estimate of drug-likeness (QED) is 0.693. The number of para-hydroxylation sites is 2. The van der Waals surface area contributed by atoms with Gasteiger partial charge in [0.1, 0.15) is 0 Å². The van der Waals surface area contributed by atoms with Crippen molar-refractivity contribution in [3.8, 4) is 5.75 Å². The van der Waals surface area contributed by atoms with Crippen LogP contribution in [0.1, 0.15) is 25.5 Å². The van der Waals surface area contributed by atoms with Gasteiger partial charge in [0.05, 0.1) is 11.4 Å². The minimum absolute atomic E-state index is 0.0563. The molecule has 140 valence electrons. The predicted octanol–water partition coefficient (Wildman–Crippen LogP) is 3.52. The van der Waals surface area contributed by atoms with Crippen LogP contribution in [0.2, 0.25) is 0 Å². The lowest BCUT2D eigenvalue weighted by molar-refractivity contribution is -0.274. The minimum Gasteiger partial charge on any atom is -0.404 e. The van der Waals surface area contributed by atoms with Crippen LogP contribution in [-0.4, -0.2) is 27.6 Å². The highest BCUT2D eigenvalue weighted by molar-refractivity contribution is 5.98. The summed E-state index contributed by atoms with van der Waals surface area (Å²) in [5.74, 6) is -1.16. The van der Waals surface area contributed by atoms with Crippen molar-refractivity contribution in [2.45, 2.75) is 26.1 Å².